The lowest BCUT2D eigenvalue weighted by Crippen LogP contribution is -2.62. The number of carbonyl (C=O) groups is 2. The Kier molecular flexibility index (Phi) is 5.26. The first-order valence-corrected chi connectivity index (χ1v) is 9.06. The molecule has 0 saturated carbocycles. The molecule has 2 rings (SSSR count). The highest BCUT2D eigenvalue weighted by Gasteiger charge is 2.71. The van der Waals surface area contributed by atoms with Gasteiger partial charge in [-0.2, -0.15) is 0 Å². The highest BCUT2D eigenvalue weighted by molar-refractivity contribution is 6.09. The van der Waals surface area contributed by atoms with Crippen LogP contribution in [0.2, 0.25) is 0 Å². The van der Waals surface area contributed by atoms with Gasteiger partial charge in [0, 0.05) is 10.8 Å². The number of ether oxygens (including phenoxy) is 2. The van der Waals surface area contributed by atoms with Crippen LogP contribution in [0.4, 0.5) is 0 Å². The van der Waals surface area contributed by atoms with Crippen LogP contribution in [0.15, 0.2) is 22.3 Å². The van der Waals surface area contributed by atoms with Crippen molar-refractivity contribution in [2.45, 2.75) is 67.2 Å². The predicted octanol–water partition coefficient (Wildman–Crippen LogP) is 4.35. The zero-order chi connectivity index (χ0) is 18.1. The first-order valence-electron chi connectivity index (χ1n) is 9.06. The van der Waals surface area contributed by atoms with E-state index in [4.69, 9.17) is 9.47 Å². The Morgan fingerprint density at radius 2 is 1.12 bits per heavy atom. The summed E-state index contributed by atoms with van der Waals surface area (Å²) in [4.78, 5) is 25.2. The van der Waals surface area contributed by atoms with Crippen LogP contribution in [0.1, 0.15) is 67.2 Å². The molecule has 0 amide bonds. The number of carbonyl (C=O) groups excluding carboxylic acids is 2. The van der Waals surface area contributed by atoms with E-state index < -0.39 is 10.8 Å². The molecule has 0 aromatic heterocycles. The van der Waals surface area contributed by atoms with E-state index in [0.29, 0.717) is 24.4 Å². The molecule has 0 bridgehead atoms. The van der Waals surface area contributed by atoms with Gasteiger partial charge in [0.25, 0.3) is 0 Å². The molecule has 2 atom stereocenters. The van der Waals surface area contributed by atoms with Gasteiger partial charge in [-0.25, -0.2) is 9.59 Å². The summed E-state index contributed by atoms with van der Waals surface area (Å²) >= 11 is 0. The molecule has 0 aromatic rings. The fourth-order valence-corrected chi connectivity index (χ4v) is 4.13. The molecule has 2 unspecified atom stereocenters. The van der Waals surface area contributed by atoms with Crippen molar-refractivity contribution in [3.63, 3.8) is 0 Å². The number of esters is 2. The third-order valence-electron chi connectivity index (χ3n) is 6.18. The van der Waals surface area contributed by atoms with Gasteiger partial charge < -0.3 is 9.47 Å². The molecule has 0 spiro atoms. The molecule has 0 heterocycles. The molecule has 2 aliphatic rings. The average Bonchev–Trinajstić information content (AvgIpc) is 2.56. The van der Waals surface area contributed by atoms with E-state index >= 15 is 0 Å². The van der Waals surface area contributed by atoms with Crippen LogP contribution >= 0.6 is 0 Å². The number of unbranched alkanes of at least 4 members (excludes halogenated alkanes) is 2. The van der Waals surface area contributed by atoms with Crippen molar-refractivity contribution in [3.05, 3.63) is 22.3 Å². The number of hydrogen-bond acceptors (Lipinski definition) is 4. The standard InChI is InChI=1S/C20H30O4/c1-7-9-11-23-17(21)15-16(18(22)24-12-10-8-2)20(6)14(4)13(3)19(15,20)5/h7-12H2,1-6H3. The van der Waals surface area contributed by atoms with Gasteiger partial charge in [-0.3, -0.25) is 0 Å². The summed E-state index contributed by atoms with van der Waals surface area (Å²) in [5, 5.41) is 0. The molecule has 24 heavy (non-hydrogen) atoms. The molecule has 0 saturated heterocycles. The molecule has 2 aliphatic carbocycles. The minimum absolute atomic E-state index is 0.363. The molecule has 4 nitrogen and oxygen atoms in total. The number of fused-ring (bicyclic) bond motifs is 1. The highest BCUT2D eigenvalue weighted by Crippen LogP contribution is 2.75. The van der Waals surface area contributed by atoms with Crippen LogP contribution in [0.25, 0.3) is 0 Å². The fourth-order valence-electron chi connectivity index (χ4n) is 4.13. The van der Waals surface area contributed by atoms with Crippen LogP contribution < -0.4 is 0 Å². The molecule has 0 aromatic carbocycles. The molecule has 134 valence electrons. The second-order valence-electron chi connectivity index (χ2n) is 7.23. The quantitative estimate of drug-likeness (QED) is 0.376. The zero-order valence-corrected chi connectivity index (χ0v) is 15.9. The first kappa shape index (κ1) is 18.8. The summed E-state index contributed by atoms with van der Waals surface area (Å²) < 4.78 is 10.8. The first-order chi connectivity index (χ1) is 11.3. The minimum Gasteiger partial charge on any atom is -0.462 e. The van der Waals surface area contributed by atoms with Gasteiger partial charge in [0.1, 0.15) is 0 Å². The van der Waals surface area contributed by atoms with Gasteiger partial charge in [-0.05, 0) is 26.7 Å². The third kappa shape index (κ3) is 2.34. The Morgan fingerprint density at radius 1 is 0.792 bits per heavy atom. The van der Waals surface area contributed by atoms with Crippen LogP contribution in [0, 0.1) is 10.8 Å². The van der Waals surface area contributed by atoms with E-state index in [1.807, 2.05) is 41.5 Å². The molecule has 4 heteroatoms. The van der Waals surface area contributed by atoms with E-state index in [1.165, 1.54) is 0 Å². The van der Waals surface area contributed by atoms with Gasteiger partial charge in [0.05, 0.1) is 24.4 Å². The van der Waals surface area contributed by atoms with Crippen molar-refractivity contribution in [1.29, 1.82) is 0 Å². The largest absolute Gasteiger partial charge is 0.462 e. The SMILES string of the molecule is CCCCOC(=O)C1=C(C(=O)OCCCC)C2(C)C(C)=C(C)C12C. The summed E-state index contributed by atoms with van der Waals surface area (Å²) in [6.45, 7) is 13.0. The Bertz CT molecular complexity index is 561. The van der Waals surface area contributed by atoms with Gasteiger partial charge in [-0.15, -0.1) is 0 Å². The maximum absolute atomic E-state index is 12.6. The maximum atomic E-state index is 12.6. The lowest BCUT2D eigenvalue weighted by molar-refractivity contribution is -0.149. The maximum Gasteiger partial charge on any atom is 0.335 e. The molecule has 0 N–H and O–H groups in total. The lowest BCUT2D eigenvalue weighted by atomic mass is 9.35. The van der Waals surface area contributed by atoms with E-state index in [2.05, 4.69) is 0 Å². The number of hydrogen-bond donors (Lipinski definition) is 0. The molecule has 0 fully saturated rings. The summed E-state index contributed by atoms with van der Waals surface area (Å²) in [6, 6.07) is 0. The topological polar surface area (TPSA) is 52.6 Å². The summed E-state index contributed by atoms with van der Waals surface area (Å²) in [5.74, 6) is -0.726. The predicted molar refractivity (Wildman–Crippen MR) is 93.3 cm³/mol. The van der Waals surface area contributed by atoms with Crippen molar-refractivity contribution < 1.29 is 19.1 Å². The monoisotopic (exact) mass is 334 g/mol. The van der Waals surface area contributed by atoms with E-state index in [1.54, 1.807) is 0 Å². The molecule has 0 aliphatic heterocycles. The van der Waals surface area contributed by atoms with Crippen LogP contribution in [0.3, 0.4) is 0 Å². The number of allylic oxidation sites excluding steroid dienone is 2. The highest BCUT2D eigenvalue weighted by atomic mass is 16.5. The summed E-state index contributed by atoms with van der Waals surface area (Å²) in [7, 11) is 0. The van der Waals surface area contributed by atoms with Crippen molar-refractivity contribution in [2.24, 2.45) is 10.8 Å². The van der Waals surface area contributed by atoms with Gasteiger partial charge in [0.2, 0.25) is 0 Å². The normalized spacial score (nSPS) is 28.1. The van der Waals surface area contributed by atoms with Crippen molar-refractivity contribution in [2.75, 3.05) is 13.2 Å². The van der Waals surface area contributed by atoms with Gasteiger partial charge >= 0.3 is 11.9 Å². The lowest BCUT2D eigenvalue weighted by Gasteiger charge is -2.65. The van der Waals surface area contributed by atoms with Crippen molar-refractivity contribution in [1.82, 2.24) is 0 Å². The Hall–Kier alpha value is -1.58. The van der Waals surface area contributed by atoms with Crippen molar-refractivity contribution >= 4 is 11.9 Å². The van der Waals surface area contributed by atoms with Gasteiger partial charge in [0.15, 0.2) is 0 Å². The third-order valence-corrected chi connectivity index (χ3v) is 6.18. The summed E-state index contributed by atoms with van der Waals surface area (Å²) in [5.41, 5.74) is 2.53. The zero-order valence-electron chi connectivity index (χ0n) is 15.9. The summed E-state index contributed by atoms with van der Waals surface area (Å²) in [6.07, 6.45) is 3.59. The smallest absolute Gasteiger partial charge is 0.335 e. The van der Waals surface area contributed by atoms with Crippen molar-refractivity contribution in [3.8, 4) is 0 Å². The van der Waals surface area contributed by atoms with Crippen LogP contribution in [-0.4, -0.2) is 25.2 Å². The van der Waals surface area contributed by atoms with E-state index in [0.717, 1.165) is 36.8 Å². The fraction of sp³-hybridized carbons (Fsp3) is 0.700. The Labute approximate surface area is 145 Å². The molecular weight excluding hydrogens is 304 g/mol. The molecule has 0 radical (unpaired) electrons. The minimum atomic E-state index is -0.403. The Balaban J connectivity index is 2.29. The van der Waals surface area contributed by atoms with E-state index in [9.17, 15) is 9.59 Å². The van der Waals surface area contributed by atoms with Crippen LogP contribution in [-0.2, 0) is 19.1 Å². The van der Waals surface area contributed by atoms with Crippen LogP contribution in [0.5, 0.6) is 0 Å². The average molecular weight is 334 g/mol. The second kappa shape index (κ2) is 6.73. The van der Waals surface area contributed by atoms with Gasteiger partial charge in [-0.1, -0.05) is 51.7 Å². The van der Waals surface area contributed by atoms with E-state index in [-0.39, 0.29) is 11.9 Å². The second-order valence-corrected chi connectivity index (χ2v) is 7.23. The molecular formula is C20H30O4. The Morgan fingerprint density at radius 3 is 1.42 bits per heavy atom. The number of rotatable bonds is 8.